The van der Waals surface area contributed by atoms with Crippen LogP contribution in [-0.2, 0) is 6.42 Å². The van der Waals surface area contributed by atoms with Crippen LogP contribution >= 0.6 is 0 Å². The van der Waals surface area contributed by atoms with Crippen molar-refractivity contribution in [2.45, 2.75) is 59.8 Å². The maximum atomic E-state index is 4.36. The van der Waals surface area contributed by atoms with E-state index in [9.17, 15) is 0 Å². The van der Waals surface area contributed by atoms with E-state index in [1.54, 1.807) is 0 Å². The van der Waals surface area contributed by atoms with Crippen LogP contribution in [-0.4, -0.2) is 4.98 Å². The van der Waals surface area contributed by atoms with Gasteiger partial charge >= 0.3 is 0 Å². The van der Waals surface area contributed by atoms with E-state index in [-0.39, 0.29) is 0 Å². The minimum absolute atomic E-state index is 0.841. The summed E-state index contributed by atoms with van der Waals surface area (Å²) >= 11 is 0. The zero-order valence-corrected chi connectivity index (χ0v) is 10.9. The second-order valence-electron chi connectivity index (χ2n) is 3.21. The molecule has 1 nitrogen and oxygen atoms in total. The van der Waals surface area contributed by atoms with Gasteiger partial charge < -0.3 is 0 Å². The number of aryl methyl sites for hydroxylation is 1. The Hall–Kier alpha value is -0.850. The number of nitrogens with zero attached hydrogens (tertiary/aromatic N) is 1. The van der Waals surface area contributed by atoms with E-state index in [2.05, 4.69) is 24.0 Å². The quantitative estimate of drug-likeness (QED) is 0.692. The molecule has 2 rings (SSSR count). The molecule has 15 heavy (non-hydrogen) atoms. The third-order valence-electron chi connectivity index (χ3n) is 2.26. The molecule has 0 N–H and O–H groups in total. The van der Waals surface area contributed by atoms with Crippen LogP contribution in [0, 0.1) is 0 Å². The SMILES string of the molecule is CC.CC.CCc1ccc(C2CC2)cn1. The number of rotatable bonds is 2. The first-order valence-corrected chi connectivity index (χ1v) is 6.35. The van der Waals surface area contributed by atoms with Crippen molar-refractivity contribution >= 4 is 0 Å². The Bertz CT molecular complexity index is 234. The van der Waals surface area contributed by atoms with Gasteiger partial charge in [-0.05, 0) is 36.8 Å². The summed E-state index contributed by atoms with van der Waals surface area (Å²) in [5, 5.41) is 0. The van der Waals surface area contributed by atoms with Crippen LogP contribution in [0.2, 0.25) is 0 Å². The Morgan fingerprint density at radius 2 is 1.73 bits per heavy atom. The molecule has 1 fully saturated rings. The van der Waals surface area contributed by atoms with Gasteiger partial charge in [-0.2, -0.15) is 0 Å². The van der Waals surface area contributed by atoms with Crippen LogP contribution in [0.15, 0.2) is 18.3 Å². The highest BCUT2D eigenvalue weighted by Gasteiger charge is 2.23. The first-order valence-electron chi connectivity index (χ1n) is 6.35. The zero-order valence-electron chi connectivity index (χ0n) is 10.9. The number of hydrogen-bond acceptors (Lipinski definition) is 1. The largest absolute Gasteiger partial charge is 0.261 e. The Labute approximate surface area is 94.9 Å². The summed E-state index contributed by atoms with van der Waals surface area (Å²) < 4.78 is 0. The third kappa shape index (κ3) is 4.96. The van der Waals surface area contributed by atoms with Crippen LogP contribution in [0.5, 0.6) is 0 Å². The molecule has 0 unspecified atom stereocenters. The van der Waals surface area contributed by atoms with Gasteiger partial charge in [0, 0.05) is 11.9 Å². The van der Waals surface area contributed by atoms with Crippen molar-refractivity contribution in [3.8, 4) is 0 Å². The van der Waals surface area contributed by atoms with E-state index in [4.69, 9.17) is 0 Å². The minimum Gasteiger partial charge on any atom is -0.261 e. The molecule has 0 bridgehead atoms. The van der Waals surface area contributed by atoms with Crippen molar-refractivity contribution in [2.24, 2.45) is 0 Å². The predicted octanol–water partition coefficient (Wildman–Crippen LogP) is 4.57. The van der Waals surface area contributed by atoms with Gasteiger partial charge in [-0.15, -0.1) is 0 Å². The first kappa shape index (κ1) is 14.2. The maximum Gasteiger partial charge on any atom is 0.0401 e. The highest BCUT2D eigenvalue weighted by Crippen LogP contribution is 2.39. The summed E-state index contributed by atoms with van der Waals surface area (Å²) in [6.07, 6.45) is 5.82. The van der Waals surface area contributed by atoms with Gasteiger partial charge in [0.2, 0.25) is 0 Å². The molecular weight excluding hydrogens is 182 g/mol. The van der Waals surface area contributed by atoms with Gasteiger partial charge in [0.05, 0.1) is 0 Å². The molecule has 1 heteroatoms. The van der Waals surface area contributed by atoms with Crippen molar-refractivity contribution in [2.75, 3.05) is 0 Å². The molecule has 0 saturated heterocycles. The molecule has 0 amide bonds. The average molecular weight is 207 g/mol. The van der Waals surface area contributed by atoms with Crippen LogP contribution < -0.4 is 0 Å². The van der Waals surface area contributed by atoms with E-state index < -0.39 is 0 Å². The van der Waals surface area contributed by atoms with Crippen LogP contribution in [0.4, 0.5) is 0 Å². The molecule has 0 atom stereocenters. The fourth-order valence-corrected chi connectivity index (χ4v) is 1.30. The second kappa shape index (κ2) is 8.46. The van der Waals surface area contributed by atoms with Crippen molar-refractivity contribution < 1.29 is 0 Å². The molecule has 1 saturated carbocycles. The summed E-state index contributed by atoms with van der Waals surface area (Å²) in [5.41, 5.74) is 2.64. The normalized spacial score (nSPS) is 13.1. The number of pyridine rings is 1. The summed E-state index contributed by atoms with van der Waals surface area (Å²) in [7, 11) is 0. The van der Waals surface area contributed by atoms with Crippen molar-refractivity contribution in [1.82, 2.24) is 4.98 Å². The van der Waals surface area contributed by atoms with Crippen molar-refractivity contribution in [3.63, 3.8) is 0 Å². The Balaban J connectivity index is 0.000000442. The minimum atomic E-state index is 0.841. The topological polar surface area (TPSA) is 12.9 Å². The molecule has 0 aliphatic heterocycles. The Morgan fingerprint density at radius 3 is 2.07 bits per heavy atom. The zero-order chi connectivity index (χ0) is 11.7. The van der Waals surface area contributed by atoms with Gasteiger partial charge in [-0.25, -0.2) is 0 Å². The van der Waals surface area contributed by atoms with Crippen molar-refractivity contribution in [3.05, 3.63) is 29.6 Å². The monoisotopic (exact) mass is 207 g/mol. The lowest BCUT2D eigenvalue weighted by Gasteiger charge is -1.98. The van der Waals surface area contributed by atoms with E-state index in [1.165, 1.54) is 24.1 Å². The Morgan fingerprint density at radius 1 is 1.13 bits per heavy atom. The number of aromatic nitrogens is 1. The smallest absolute Gasteiger partial charge is 0.0401 e. The molecule has 86 valence electrons. The standard InChI is InChI=1S/C10H13N.2C2H6/c1-2-10-6-5-9(7-11-10)8-3-4-8;2*1-2/h5-8H,2-4H2,1H3;2*1-2H3. The van der Waals surface area contributed by atoms with Gasteiger partial charge in [-0.3, -0.25) is 4.98 Å². The van der Waals surface area contributed by atoms with Gasteiger partial charge in [0.25, 0.3) is 0 Å². The van der Waals surface area contributed by atoms with Gasteiger partial charge in [-0.1, -0.05) is 40.7 Å². The van der Waals surface area contributed by atoms with Crippen molar-refractivity contribution in [1.29, 1.82) is 0 Å². The summed E-state index contributed by atoms with van der Waals surface area (Å²) in [5.74, 6) is 0.841. The molecule has 0 spiro atoms. The van der Waals surface area contributed by atoms with E-state index in [0.29, 0.717) is 0 Å². The molecule has 1 aromatic heterocycles. The second-order valence-corrected chi connectivity index (χ2v) is 3.21. The lowest BCUT2D eigenvalue weighted by Crippen LogP contribution is -1.87. The summed E-state index contributed by atoms with van der Waals surface area (Å²) in [6, 6.07) is 4.37. The molecular formula is C14H25N. The van der Waals surface area contributed by atoms with E-state index in [1.807, 2.05) is 33.9 Å². The molecule has 1 aromatic rings. The molecule has 1 heterocycles. The highest BCUT2D eigenvalue weighted by atomic mass is 14.7. The van der Waals surface area contributed by atoms with Crippen LogP contribution in [0.3, 0.4) is 0 Å². The summed E-state index contributed by atoms with van der Waals surface area (Å²) in [6.45, 7) is 10.1. The first-order chi connectivity index (χ1) is 7.40. The average Bonchev–Trinajstić information content (AvgIpc) is 3.19. The van der Waals surface area contributed by atoms with E-state index >= 15 is 0 Å². The summed E-state index contributed by atoms with van der Waals surface area (Å²) in [4.78, 5) is 4.36. The Kier molecular flexibility index (Phi) is 7.98. The molecule has 0 radical (unpaired) electrons. The highest BCUT2D eigenvalue weighted by molar-refractivity contribution is 5.21. The predicted molar refractivity (Wildman–Crippen MR) is 68.3 cm³/mol. The number of hydrogen-bond donors (Lipinski definition) is 0. The molecule has 0 aromatic carbocycles. The van der Waals surface area contributed by atoms with Gasteiger partial charge in [0.1, 0.15) is 0 Å². The fraction of sp³-hybridized carbons (Fsp3) is 0.643. The third-order valence-corrected chi connectivity index (χ3v) is 2.26. The van der Waals surface area contributed by atoms with E-state index in [0.717, 1.165) is 12.3 Å². The fourth-order valence-electron chi connectivity index (χ4n) is 1.30. The van der Waals surface area contributed by atoms with Gasteiger partial charge in [0.15, 0.2) is 0 Å². The van der Waals surface area contributed by atoms with Crippen LogP contribution in [0.25, 0.3) is 0 Å². The van der Waals surface area contributed by atoms with Crippen LogP contribution in [0.1, 0.15) is 64.6 Å². The lowest BCUT2D eigenvalue weighted by atomic mass is 10.2. The molecule has 1 aliphatic carbocycles. The molecule has 1 aliphatic rings. The lowest BCUT2D eigenvalue weighted by molar-refractivity contribution is 1.00. The maximum absolute atomic E-state index is 4.36.